The third-order valence-electron chi connectivity index (χ3n) is 3.81. The van der Waals surface area contributed by atoms with Gasteiger partial charge in [0.2, 0.25) is 0 Å². The van der Waals surface area contributed by atoms with Crippen LogP contribution in [0.1, 0.15) is 12.0 Å². The Morgan fingerprint density at radius 1 is 1.16 bits per heavy atom. The Bertz CT molecular complexity index is 346. The maximum absolute atomic E-state index is 4.05. The van der Waals surface area contributed by atoms with Crippen molar-refractivity contribution in [2.75, 3.05) is 53.4 Å². The first-order chi connectivity index (χ1) is 9.24. The summed E-state index contributed by atoms with van der Waals surface area (Å²) in [6.45, 7) is 8.29. The molecule has 0 aromatic carbocycles. The fourth-order valence-electron chi connectivity index (χ4n) is 2.51. The van der Waals surface area contributed by atoms with Crippen molar-refractivity contribution in [2.24, 2.45) is 0 Å². The quantitative estimate of drug-likeness (QED) is 0.767. The molecule has 4 heteroatoms. The molecule has 0 atom stereocenters. The molecule has 0 amide bonds. The summed E-state index contributed by atoms with van der Waals surface area (Å²) < 4.78 is 0. The summed E-state index contributed by atoms with van der Waals surface area (Å²) in [5, 5.41) is 0. The van der Waals surface area contributed by atoms with Gasteiger partial charge >= 0.3 is 0 Å². The lowest BCUT2D eigenvalue weighted by atomic mass is 10.2. The van der Waals surface area contributed by atoms with Crippen LogP contribution in [-0.2, 0) is 6.54 Å². The van der Waals surface area contributed by atoms with E-state index in [4.69, 9.17) is 0 Å². The molecule has 0 spiro atoms. The zero-order valence-electron chi connectivity index (χ0n) is 12.3. The number of nitrogens with zero attached hydrogens (tertiary/aromatic N) is 4. The highest BCUT2D eigenvalue weighted by molar-refractivity contribution is 5.09. The first-order valence-electron chi connectivity index (χ1n) is 7.22. The summed E-state index contributed by atoms with van der Waals surface area (Å²) in [4.78, 5) is 11.4. The van der Waals surface area contributed by atoms with E-state index in [2.05, 4.69) is 45.9 Å². The molecule has 1 aliphatic rings. The van der Waals surface area contributed by atoms with Gasteiger partial charge in [-0.25, -0.2) is 0 Å². The van der Waals surface area contributed by atoms with E-state index in [0.717, 1.165) is 13.1 Å². The monoisotopic (exact) mass is 262 g/mol. The summed E-state index contributed by atoms with van der Waals surface area (Å²) in [6, 6.07) is 4.19. The Balaban J connectivity index is 1.60. The Kier molecular flexibility index (Phi) is 5.76. The van der Waals surface area contributed by atoms with Gasteiger partial charge in [0.05, 0.1) is 0 Å². The van der Waals surface area contributed by atoms with E-state index in [1.54, 1.807) is 0 Å². The van der Waals surface area contributed by atoms with E-state index in [0.29, 0.717) is 0 Å². The van der Waals surface area contributed by atoms with Crippen molar-refractivity contribution in [1.82, 2.24) is 19.7 Å². The summed E-state index contributed by atoms with van der Waals surface area (Å²) in [5.74, 6) is 0. The predicted molar refractivity (Wildman–Crippen MR) is 79.1 cm³/mol. The Labute approximate surface area is 117 Å². The zero-order valence-corrected chi connectivity index (χ0v) is 12.3. The molecule has 0 aliphatic carbocycles. The number of aromatic nitrogens is 1. The van der Waals surface area contributed by atoms with Crippen LogP contribution in [-0.4, -0.2) is 73.0 Å². The third kappa shape index (κ3) is 5.27. The van der Waals surface area contributed by atoms with Crippen LogP contribution in [0.25, 0.3) is 0 Å². The number of pyridine rings is 1. The van der Waals surface area contributed by atoms with Crippen LogP contribution in [0.2, 0.25) is 0 Å². The maximum atomic E-state index is 4.05. The van der Waals surface area contributed by atoms with Crippen molar-refractivity contribution in [3.8, 4) is 0 Å². The van der Waals surface area contributed by atoms with E-state index in [9.17, 15) is 0 Å². The van der Waals surface area contributed by atoms with Crippen LogP contribution in [0, 0.1) is 0 Å². The van der Waals surface area contributed by atoms with Gasteiger partial charge in [0.15, 0.2) is 0 Å². The largest absolute Gasteiger partial charge is 0.304 e. The zero-order chi connectivity index (χ0) is 13.5. The van der Waals surface area contributed by atoms with Gasteiger partial charge < -0.3 is 14.7 Å². The van der Waals surface area contributed by atoms with Crippen molar-refractivity contribution < 1.29 is 0 Å². The Morgan fingerprint density at radius 2 is 1.84 bits per heavy atom. The molecule has 2 rings (SSSR count). The highest BCUT2D eigenvalue weighted by atomic mass is 15.2. The Hall–Kier alpha value is -0.970. The van der Waals surface area contributed by atoms with Crippen LogP contribution in [0.5, 0.6) is 0 Å². The molecule has 1 saturated heterocycles. The smallest absolute Gasteiger partial charge is 0.0271 e. The summed E-state index contributed by atoms with van der Waals surface area (Å²) >= 11 is 0. The van der Waals surface area contributed by atoms with E-state index in [-0.39, 0.29) is 0 Å². The molecule has 0 bridgehead atoms. The van der Waals surface area contributed by atoms with Crippen molar-refractivity contribution in [1.29, 1.82) is 0 Å². The van der Waals surface area contributed by atoms with Crippen molar-refractivity contribution in [3.05, 3.63) is 30.1 Å². The van der Waals surface area contributed by atoms with Gasteiger partial charge in [-0.2, -0.15) is 0 Å². The van der Waals surface area contributed by atoms with Gasteiger partial charge in [-0.05, 0) is 51.3 Å². The van der Waals surface area contributed by atoms with Gasteiger partial charge in [0.1, 0.15) is 0 Å². The van der Waals surface area contributed by atoms with Gasteiger partial charge in [-0.1, -0.05) is 0 Å². The lowest BCUT2D eigenvalue weighted by molar-refractivity contribution is 0.147. The minimum Gasteiger partial charge on any atom is -0.304 e. The molecular formula is C15H26N4. The summed E-state index contributed by atoms with van der Waals surface area (Å²) in [7, 11) is 4.41. The number of likely N-dealkylation sites (N-methyl/N-ethyl adjacent to an activating group) is 1. The number of piperazine rings is 1. The number of rotatable bonds is 6. The highest BCUT2D eigenvalue weighted by Crippen LogP contribution is 2.04. The molecule has 4 nitrogen and oxygen atoms in total. The molecule has 0 unspecified atom stereocenters. The van der Waals surface area contributed by atoms with Crippen molar-refractivity contribution in [2.45, 2.75) is 13.0 Å². The first-order valence-corrected chi connectivity index (χ1v) is 7.22. The summed E-state index contributed by atoms with van der Waals surface area (Å²) in [6.07, 6.45) is 4.99. The molecule has 19 heavy (non-hydrogen) atoms. The SMILES string of the molecule is CN1CCN(CCCN(C)Cc2ccncc2)CC1. The average molecular weight is 262 g/mol. The molecule has 0 radical (unpaired) electrons. The van der Waals surface area contributed by atoms with Crippen LogP contribution in [0.4, 0.5) is 0 Å². The fraction of sp³-hybridized carbons (Fsp3) is 0.667. The molecule has 2 heterocycles. The summed E-state index contributed by atoms with van der Waals surface area (Å²) in [5.41, 5.74) is 1.34. The van der Waals surface area contributed by atoms with E-state index in [1.807, 2.05) is 12.4 Å². The van der Waals surface area contributed by atoms with E-state index < -0.39 is 0 Å². The minimum absolute atomic E-state index is 1.02. The minimum atomic E-state index is 1.02. The predicted octanol–water partition coefficient (Wildman–Crippen LogP) is 1.15. The Morgan fingerprint density at radius 3 is 2.53 bits per heavy atom. The van der Waals surface area contributed by atoms with Gasteiger partial charge in [-0.3, -0.25) is 4.98 Å². The first kappa shape index (κ1) is 14.4. The number of hydrogen-bond donors (Lipinski definition) is 0. The van der Waals surface area contributed by atoms with Gasteiger partial charge in [0, 0.05) is 45.1 Å². The molecule has 0 N–H and O–H groups in total. The van der Waals surface area contributed by atoms with Crippen LogP contribution >= 0.6 is 0 Å². The second-order valence-corrected chi connectivity index (χ2v) is 5.59. The molecule has 1 aromatic heterocycles. The van der Waals surface area contributed by atoms with E-state index in [1.165, 1.54) is 44.7 Å². The topological polar surface area (TPSA) is 22.6 Å². The van der Waals surface area contributed by atoms with Crippen molar-refractivity contribution in [3.63, 3.8) is 0 Å². The maximum Gasteiger partial charge on any atom is 0.0271 e. The molecule has 1 aromatic rings. The lowest BCUT2D eigenvalue weighted by Gasteiger charge is -2.32. The van der Waals surface area contributed by atoms with Gasteiger partial charge in [-0.15, -0.1) is 0 Å². The second kappa shape index (κ2) is 7.58. The second-order valence-electron chi connectivity index (χ2n) is 5.59. The van der Waals surface area contributed by atoms with E-state index >= 15 is 0 Å². The molecular weight excluding hydrogens is 236 g/mol. The van der Waals surface area contributed by atoms with Crippen LogP contribution < -0.4 is 0 Å². The van der Waals surface area contributed by atoms with Crippen LogP contribution in [0.15, 0.2) is 24.5 Å². The van der Waals surface area contributed by atoms with Crippen molar-refractivity contribution >= 4 is 0 Å². The third-order valence-corrected chi connectivity index (χ3v) is 3.81. The fourth-order valence-corrected chi connectivity index (χ4v) is 2.51. The highest BCUT2D eigenvalue weighted by Gasteiger charge is 2.13. The number of hydrogen-bond acceptors (Lipinski definition) is 4. The average Bonchev–Trinajstić information content (AvgIpc) is 2.42. The standard InChI is InChI=1S/C15H26N4/c1-17-10-12-19(13-11-17)9-3-8-18(2)14-15-4-6-16-7-5-15/h4-7H,3,8-14H2,1-2H3. The lowest BCUT2D eigenvalue weighted by Crippen LogP contribution is -2.45. The molecule has 106 valence electrons. The molecule has 1 fully saturated rings. The van der Waals surface area contributed by atoms with Crippen LogP contribution in [0.3, 0.4) is 0 Å². The molecule has 1 aliphatic heterocycles. The van der Waals surface area contributed by atoms with Gasteiger partial charge in [0.25, 0.3) is 0 Å². The molecule has 0 saturated carbocycles. The normalized spacial score (nSPS) is 18.1.